The van der Waals surface area contributed by atoms with Crippen LogP contribution >= 0.6 is 0 Å². The van der Waals surface area contributed by atoms with Gasteiger partial charge in [0.15, 0.2) is 0 Å². The summed E-state index contributed by atoms with van der Waals surface area (Å²) in [5, 5.41) is 6.10. The lowest BCUT2D eigenvalue weighted by atomic mass is 9.83. The second kappa shape index (κ2) is 17.0. The Kier molecular flexibility index (Phi) is 12.5. The van der Waals surface area contributed by atoms with Gasteiger partial charge in [0.1, 0.15) is 5.60 Å². The van der Waals surface area contributed by atoms with Crippen LogP contribution in [-0.4, -0.2) is 54.6 Å². The fourth-order valence-electron chi connectivity index (χ4n) is 6.03. The number of ether oxygens (including phenoxy) is 1. The van der Waals surface area contributed by atoms with E-state index in [2.05, 4.69) is 59.2 Å². The van der Waals surface area contributed by atoms with Crippen molar-refractivity contribution >= 4 is 18.9 Å². The summed E-state index contributed by atoms with van der Waals surface area (Å²) in [6.45, 7) is 6.21. The Morgan fingerprint density at radius 3 is 1.17 bits per heavy atom. The first-order valence-electron chi connectivity index (χ1n) is 15.9. The van der Waals surface area contributed by atoms with E-state index in [4.69, 9.17) is 4.74 Å². The summed E-state index contributed by atoms with van der Waals surface area (Å²) in [6, 6.07) is 39.7. The third-order valence-corrected chi connectivity index (χ3v) is 8.08. The first-order valence-corrected chi connectivity index (χ1v) is 15.9. The number of carbonyl (C=O) groups is 3. The molecule has 0 unspecified atom stereocenters. The van der Waals surface area contributed by atoms with E-state index in [1.54, 1.807) is 4.90 Å². The summed E-state index contributed by atoms with van der Waals surface area (Å²) in [5.74, 6) is -0.254. The number of hydrogen-bond acceptors (Lipinski definition) is 4. The lowest BCUT2D eigenvalue weighted by Crippen LogP contribution is -2.44. The van der Waals surface area contributed by atoms with Gasteiger partial charge in [-0.25, -0.2) is 4.79 Å². The highest BCUT2D eigenvalue weighted by molar-refractivity contribution is 5.68. The van der Waals surface area contributed by atoms with Gasteiger partial charge in [-0.15, -0.1) is 0 Å². The topological polar surface area (TPSA) is 87.7 Å². The average molecular weight is 620 g/mol. The molecule has 3 amide bonds. The maximum atomic E-state index is 13.6. The van der Waals surface area contributed by atoms with Gasteiger partial charge >= 0.3 is 6.09 Å². The predicted octanol–water partition coefficient (Wildman–Crippen LogP) is 6.90. The number of rotatable bonds is 16. The molecule has 2 atom stereocenters. The van der Waals surface area contributed by atoms with Gasteiger partial charge in [0, 0.05) is 37.0 Å². The van der Waals surface area contributed by atoms with Crippen molar-refractivity contribution in [2.24, 2.45) is 0 Å². The number of carbonyl (C=O) groups excluding carboxylic acids is 3. The van der Waals surface area contributed by atoms with E-state index in [-0.39, 0.29) is 23.9 Å². The summed E-state index contributed by atoms with van der Waals surface area (Å²) in [4.78, 5) is 39.2. The first kappa shape index (κ1) is 34.0. The first-order chi connectivity index (χ1) is 22.3. The Balaban J connectivity index is 1.62. The van der Waals surface area contributed by atoms with Gasteiger partial charge in [0.2, 0.25) is 12.8 Å². The molecule has 0 aliphatic carbocycles. The van der Waals surface area contributed by atoms with Crippen LogP contribution in [0, 0.1) is 0 Å². The molecule has 0 aliphatic heterocycles. The fourth-order valence-corrected chi connectivity index (χ4v) is 6.03. The molecule has 7 heteroatoms. The molecule has 0 saturated carbocycles. The minimum absolute atomic E-state index is 0.127. The normalized spacial score (nSPS) is 12.6. The Bertz CT molecular complexity index is 1300. The molecular weight excluding hydrogens is 574 g/mol. The van der Waals surface area contributed by atoms with E-state index in [0.717, 1.165) is 35.1 Å². The van der Waals surface area contributed by atoms with Gasteiger partial charge < -0.3 is 20.3 Å². The molecule has 46 heavy (non-hydrogen) atoms. The molecule has 240 valence electrons. The van der Waals surface area contributed by atoms with Gasteiger partial charge in [0.05, 0.1) is 0 Å². The Labute approximate surface area is 273 Å². The van der Waals surface area contributed by atoms with Crippen molar-refractivity contribution in [1.82, 2.24) is 15.5 Å². The minimum atomic E-state index is -0.691. The van der Waals surface area contributed by atoms with Crippen molar-refractivity contribution in [2.75, 3.05) is 13.1 Å². The van der Waals surface area contributed by atoms with Crippen LogP contribution in [0.15, 0.2) is 121 Å². The molecule has 0 radical (unpaired) electrons. The minimum Gasteiger partial charge on any atom is -0.444 e. The van der Waals surface area contributed by atoms with E-state index < -0.39 is 11.7 Å². The van der Waals surface area contributed by atoms with Gasteiger partial charge in [-0.3, -0.25) is 9.59 Å². The van der Waals surface area contributed by atoms with Gasteiger partial charge in [-0.05, 0) is 55.9 Å². The molecule has 4 aromatic rings. The summed E-state index contributed by atoms with van der Waals surface area (Å²) in [6.07, 6.45) is 2.00. The molecule has 4 aromatic carbocycles. The summed E-state index contributed by atoms with van der Waals surface area (Å²) in [7, 11) is 0. The second-order valence-electron chi connectivity index (χ2n) is 12.4. The Morgan fingerprint density at radius 2 is 0.913 bits per heavy atom. The maximum Gasteiger partial charge on any atom is 0.410 e. The van der Waals surface area contributed by atoms with Crippen LogP contribution in [0.25, 0.3) is 0 Å². The Hall–Kier alpha value is -4.91. The lowest BCUT2D eigenvalue weighted by molar-refractivity contribution is -0.111. The van der Waals surface area contributed by atoms with Crippen LogP contribution in [0.3, 0.4) is 0 Å². The summed E-state index contributed by atoms with van der Waals surface area (Å²) < 4.78 is 5.85. The molecule has 0 aliphatic rings. The highest BCUT2D eigenvalue weighted by atomic mass is 16.6. The molecule has 4 rings (SSSR count). The van der Waals surface area contributed by atoms with Crippen molar-refractivity contribution in [1.29, 1.82) is 0 Å². The maximum absolute atomic E-state index is 13.6. The number of nitrogens with zero attached hydrogens (tertiary/aromatic N) is 1. The van der Waals surface area contributed by atoms with Crippen molar-refractivity contribution in [2.45, 2.75) is 63.1 Å². The SMILES string of the molecule is CC(C)(C)OC(=O)N(CC[C@H](NC=O)C(c1ccccc1)c1ccccc1)CC[C@H](NC=O)C(c1ccccc1)c1ccccc1. The zero-order chi connectivity index (χ0) is 32.8. The van der Waals surface area contributed by atoms with Crippen LogP contribution < -0.4 is 10.6 Å². The Morgan fingerprint density at radius 1 is 0.609 bits per heavy atom. The molecule has 7 nitrogen and oxygen atoms in total. The zero-order valence-corrected chi connectivity index (χ0v) is 26.9. The second-order valence-corrected chi connectivity index (χ2v) is 12.4. The van der Waals surface area contributed by atoms with E-state index >= 15 is 0 Å². The molecule has 0 aromatic heterocycles. The predicted molar refractivity (Wildman–Crippen MR) is 182 cm³/mol. The van der Waals surface area contributed by atoms with Crippen molar-refractivity contribution in [3.8, 4) is 0 Å². The van der Waals surface area contributed by atoms with E-state index in [1.165, 1.54) is 0 Å². The molecular formula is C39H45N3O4. The number of amides is 3. The third kappa shape index (κ3) is 9.80. The molecule has 2 N–H and O–H groups in total. The van der Waals surface area contributed by atoms with E-state index in [9.17, 15) is 14.4 Å². The van der Waals surface area contributed by atoms with E-state index in [1.807, 2.05) is 93.6 Å². The fraction of sp³-hybridized carbons (Fsp3) is 0.308. The smallest absolute Gasteiger partial charge is 0.410 e. The van der Waals surface area contributed by atoms with Crippen LogP contribution in [0.1, 0.15) is 67.7 Å². The molecule has 0 spiro atoms. The van der Waals surface area contributed by atoms with Crippen LogP contribution in [0.4, 0.5) is 4.79 Å². The molecule has 0 heterocycles. The van der Waals surface area contributed by atoms with Crippen LogP contribution in [-0.2, 0) is 14.3 Å². The highest BCUT2D eigenvalue weighted by Crippen LogP contribution is 2.32. The van der Waals surface area contributed by atoms with Crippen LogP contribution in [0.5, 0.6) is 0 Å². The molecule has 0 fully saturated rings. The van der Waals surface area contributed by atoms with E-state index in [0.29, 0.717) is 25.9 Å². The third-order valence-electron chi connectivity index (χ3n) is 8.08. The van der Waals surface area contributed by atoms with Crippen molar-refractivity contribution < 1.29 is 19.1 Å². The lowest BCUT2D eigenvalue weighted by Gasteiger charge is -2.33. The van der Waals surface area contributed by atoms with Gasteiger partial charge in [-0.2, -0.15) is 0 Å². The van der Waals surface area contributed by atoms with Crippen LogP contribution in [0.2, 0.25) is 0 Å². The number of nitrogens with one attached hydrogen (secondary N) is 2. The van der Waals surface area contributed by atoms with Crippen molar-refractivity contribution in [3.05, 3.63) is 144 Å². The average Bonchev–Trinajstić information content (AvgIpc) is 3.06. The summed E-state index contributed by atoms with van der Waals surface area (Å²) in [5.41, 5.74) is 3.59. The monoisotopic (exact) mass is 619 g/mol. The highest BCUT2D eigenvalue weighted by Gasteiger charge is 2.30. The zero-order valence-electron chi connectivity index (χ0n) is 26.9. The largest absolute Gasteiger partial charge is 0.444 e. The molecule has 0 saturated heterocycles. The quantitative estimate of drug-likeness (QED) is 0.134. The van der Waals surface area contributed by atoms with Crippen molar-refractivity contribution in [3.63, 3.8) is 0 Å². The van der Waals surface area contributed by atoms with Gasteiger partial charge in [0.25, 0.3) is 0 Å². The standard InChI is InChI=1S/C39H45N3O4/c1-39(2,3)46-38(45)42(26-24-34(40-28-43)36(30-16-8-4-9-17-30)31-18-10-5-11-19-31)27-25-35(41-29-44)37(32-20-12-6-13-21-32)33-22-14-7-15-23-33/h4-23,28-29,34-37H,24-27H2,1-3H3,(H,40,43)(H,41,44)/t34-,35-/m0/s1. The number of benzene rings is 4. The summed E-state index contributed by atoms with van der Waals surface area (Å²) >= 11 is 0. The number of hydrogen-bond donors (Lipinski definition) is 2. The van der Waals surface area contributed by atoms with Gasteiger partial charge in [-0.1, -0.05) is 121 Å². The molecule has 0 bridgehead atoms.